The summed E-state index contributed by atoms with van der Waals surface area (Å²) in [6, 6.07) is 12.9. The first kappa shape index (κ1) is 34.2. The van der Waals surface area contributed by atoms with Crippen molar-refractivity contribution in [1.82, 2.24) is 45.0 Å². The number of ether oxygens (including phenoxy) is 2. The Balaban J connectivity index is 1.16. The highest BCUT2D eigenvalue weighted by Gasteiger charge is 2.31. The smallest absolute Gasteiger partial charge is 0.320 e. The Kier molecular flexibility index (Phi) is 10.1. The molecule has 0 radical (unpaired) electrons. The van der Waals surface area contributed by atoms with Crippen molar-refractivity contribution in [2.75, 3.05) is 59.3 Å². The van der Waals surface area contributed by atoms with Gasteiger partial charge in [0, 0.05) is 31.1 Å². The van der Waals surface area contributed by atoms with E-state index in [0.717, 1.165) is 29.1 Å². The van der Waals surface area contributed by atoms with E-state index in [0.29, 0.717) is 50.6 Å². The first-order valence-corrected chi connectivity index (χ1v) is 16.7. The number of carbonyl (C=O) groups is 2. The summed E-state index contributed by atoms with van der Waals surface area (Å²) in [5.74, 6) is 1.41. The zero-order valence-electron chi connectivity index (χ0n) is 29.1. The first-order valence-electron chi connectivity index (χ1n) is 16.7. The maximum Gasteiger partial charge on any atom is 0.320 e. The van der Waals surface area contributed by atoms with Crippen LogP contribution in [0.2, 0.25) is 0 Å². The molecule has 0 spiro atoms. The summed E-state index contributed by atoms with van der Waals surface area (Å²) >= 11 is 0. The Morgan fingerprint density at radius 3 is 2.61 bits per heavy atom. The molecule has 0 bridgehead atoms. The standard InChI is InChI=1S/C35H46N10O4/c1-35(2,3)28-19-29(39-31(38-28)33(46)36-15-16-43(4)5)40-34(47)37-25-12-13-27(24-10-8-7-9-23(24)25)49-22-11-14-30-41-42-32(45(30)20-22)26-21-48-18-17-44(26)6/h7-11,14,19-20,25-27H,12-13,15-18,21H2,1-6H3,(H,36,46)(H2,37,38,39,40,47)/t25-,26?,27+/m0/s1. The van der Waals surface area contributed by atoms with Gasteiger partial charge in [0.2, 0.25) is 5.82 Å². The second-order valence-electron chi connectivity index (χ2n) is 14.0. The van der Waals surface area contributed by atoms with E-state index in [4.69, 9.17) is 9.47 Å². The molecule has 49 heavy (non-hydrogen) atoms. The molecule has 1 unspecified atom stereocenters. The van der Waals surface area contributed by atoms with E-state index in [9.17, 15) is 9.59 Å². The Hall–Kier alpha value is -4.66. The Labute approximate surface area is 286 Å². The van der Waals surface area contributed by atoms with Crippen molar-refractivity contribution in [2.45, 2.75) is 57.2 Å². The van der Waals surface area contributed by atoms with E-state index in [2.05, 4.69) is 48.1 Å². The number of morpholine rings is 1. The quantitative estimate of drug-likeness (QED) is 0.239. The summed E-state index contributed by atoms with van der Waals surface area (Å²) in [4.78, 5) is 39.4. The predicted molar refractivity (Wildman–Crippen MR) is 185 cm³/mol. The van der Waals surface area contributed by atoms with Gasteiger partial charge in [-0.1, -0.05) is 45.0 Å². The number of pyridine rings is 1. The van der Waals surface area contributed by atoms with Crippen molar-refractivity contribution >= 4 is 23.4 Å². The van der Waals surface area contributed by atoms with Crippen LogP contribution >= 0.6 is 0 Å². The van der Waals surface area contributed by atoms with E-state index in [1.54, 1.807) is 6.07 Å². The van der Waals surface area contributed by atoms with Crippen LogP contribution in [0.5, 0.6) is 5.75 Å². The van der Waals surface area contributed by atoms with Crippen LogP contribution in [-0.4, -0.2) is 100 Å². The van der Waals surface area contributed by atoms with Crippen molar-refractivity contribution in [3.63, 3.8) is 0 Å². The molecule has 14 nitrogen and oxygen atoms in total. The maximum absolute atomic E-state index is 13.4. The third-order valence-electron chi connectivity index (χ3n) is 8.90. The highest BCUT2D eigenvalue weighted by Crippen LogP contribution is 2.39. The van der Waals surface area contributed by atoms with Crippen molar-refractivity contribution in [2.24, 2.45) is 0 Å². The molecule has 1 saturated heterocycles. The van der Waals surface area contributed by atoms with Crippen molar-refractivity contribution < 1.29 is 19.1 Å². The van der Waals surface area contributed by atoms with Crippen molar-refractivity contribution in [3.8, 4) is 5.75 Å². The topological polar surface area (TPSA) is 151 Å². The lowest BCUT2D eigenvalue weighted by Gasteiger charge is -2.32. The molecular formula is C35H46N10O4. The third-order valence-corrected chi connectivity index (χ3v) is 8.90. The second-order valence-corrected chi connectivity index (χ2v) is 14.0. The van der Waals surface area contributed by atoms with Gasteiger partial charge in [0.1, 0.15) is 17.7 Å². The Morgan fingerprint density at radius 2 is 1.86 bits per heavy atom. The number of rotatable bonds is 9. The number of nitrogens with zero attached hydrogens (tertiary/aromatic N) is 7. The van der Waals surface area contributed by atoms with E-state index >= 15 is 0 Å². The molecule has 3 N–H and O–H groups in total. The van der Waals surface area contributed by atoms with Gasteiger partial charge in [-0.25, -0.2) is 14.8 Å². The highest BCUT2D eigenvalue weighted by atomic mass is 16.5. The van der Waals surface area contributed by atoms with Gasteiger partial charge >= 0.3 is 6.03 Å². The fourth-order valence-electron chi connectivity index (χ4n) is 6.11. The molecule has 3 atom stereocenters. The van der Waals surface area contributed by atoms with Gasteiger partial charge in [-0.3, -0.25) is 19.4 Å². The largest absolute Gasteiger partial charge is 0.484 e. The maximum atomic E-state index is 13.4. The number of amides is 3. The molecule has 1 fully saturated rings. The molecular weight excluding hydrogens is 624 g/mol. The lowest BCUT2D eigenvalue weighted by Crippen LogP contribution is -2.37. The number of hydrogen-bond acceptors (Lipinski definition) is 10. The van der Waals surface area contributed by atoms with Gasteiger partial charge in [-0.05, 0) is 57.2 Å². The SMILES string of the molecule is CN(C)CCNC(=O)c1nc(NC(=O)N[C@H]2CC[C@@H](Oc3ccc4nnc(C5COCCN5C)n4c3)c3ccccc32)cc(C(C)(C)C)n1. The molecule has 2 aliphatic rings. The minimum Gasteiger partial charge on any atom is -0.484 e. The van der Waals surface area contributed by atoms with E-state index < -0.39 is 11.9 Å². The van der Waals surface area contributed by atoms with E-state index in [1.165, 1.54) is 0 Å². The van der Waals surface area contributed by atoms with Crippen LogP contribution in [0.1, 0.15) is 85.1 Å². The number of urea groups is 1. The minimum absolute atomic E-state index is 0.00612. The van der Waals surface area contributed by atoms with Gasteiger partial charge in [0.05, 0.1) is 37.2 Å². The summed E-state index contributed by atoms with van der Waals surface area (Å²) in [7, 11) is 5.94. The number of nitrogens with one attached hydrogen (secondary N) is 3. The second kappa shape index (κ2) is 14.4. The first-order chi connectivity index (χ1) is 23.5. The van der Waals surface area contributed by atoms with Crippen LogP contribution in [0.4, 0.5) is 10.6 Å². The van der Waals surface area contributed by atoms with Gasteiger partial charge in [0.25, 0.3) is 5.91 Å². The number of fused-ring (bicyclic) bond motifs is 2. The van der Waals surface area contributed by atoms with Crippen LogP contribution in [0.25, 0.3) is 5.65 Å². The zero-order chi connectivity index (χ0) is 34.7. The zero-order valence-corrected chi connectivity index (χ0v) is 29.1. The summed E-state index contributed by atoms with van der Waals surface area (Å²) < 4.78 is 14.3. The summed E-state index contributed by atoms with van der Waals surface area (Å²) in [6.07, 6.45) is 3.08. The molecule has 4 aromatic rings. The van der Waals surface area contributed by atoms with Crippen molar-refractivity contribution in [3.05, 3.63) is 77.1 Å². The normalized spacial score (nSPS) is 19.8. The number of benzene rings is 1. The monoisotopic (exact) mass is 670 g/mol. The molecule has 0 saturated carbocycles. The van der Waals surface area contributed by atoms with E-state index in [-0.39, 0.29) is 35.2 Å². The highest BCUT2D eigenvalue weighted by molar-refractivity contribution is 5.92. The van der Waals surface area contributed by atoms with Crippen LogP contribution in [0.15, 0.2) is 48.7 Å². The molecule has 6 rings (SSSR count). The molecule has 3 amide bonds. The molecule has 260 valence electrons. The van der Waals surface area contributed by atoms with Gasteiger partial charge in [-0.15, -0.1) is 10.2 Å². The molecule has 1 aliphatic carbocycles. The Morgan fingerprint density at radius 1 is 1.06 bits per heavy atom. The fourth-order valence-corrected chi connectivity index (χ4v) is 6.11. The molecule has 14 heteroatoms. The number of carbonyl (C=O) groups excluding carboxylic acids is 2. The summed E-state index contributed by atoms with van der Waals surface area (Å²) in [6.45, 7) is 9.21. The average Bonchev–Trinajstić information content (AvgIpc) is 3.48. The third kappa shape index (κ3) is 7.98. The molecule has 3 aromatic heterocycles. The van der Waals surface area contributed by atoms with E-state index in [1.807, 2.05) is 86.8 Å². The average molecular weight is 671 g/mol. The number of likely N-dealkylation sites (N-methyl/N-ethyl adjacent to an activating group) is 2. The lowest BCUT2D eigenvalue weighted by molar-refractivity contribution is 0.00144. The Bertz CT molecular complexity index is 1800. The molecule has 1 aliphatic heterocycles. The number of anilines is 1. The predicted octanol–water partition coefficient (Wildman–Crippen LogP) is 3.89. The van der Waals surface area contributed by atoms with Crippen LogP contribution in [0, 0.1) is 0 Å². The van der Waals surface area contributed by atoms with Crippen LogP contribution in [-0.2, 0) is 10.2 Å². The van der Waals surface area contributed by atoms with Crippen LogP contribution < -0.4 is 20.7 Å². The fraction of sp³-hybridized carbons (Fsp3) is 0.486. The van der Waals surface area contributed by atoms with Crippen LogP contribution in [0.3, 0.4) is 0 Å². The minimum atomic E-state index is -0.418. The summed E-state index contributed by atoms with van der Waals surface area (Å²) in [5, 5.41) is 17.7. The molecule has 1 aromatic carbocycles. The van der Waals surface area contributed by atoms with Gasteiger partial charge in [0.15, 0.2) is 11.5 Å². The lowest BCUT2D eigenvalue weighted by atomic mass is 9.85. The van der Waals surface area contributed by atoms with Crippen molar-refractivity contribution in [1.29, 1.82) is 0 Å². The van der Waals surface area contributed by atoms with Gasteiger partial charge < -0.3 is 25.0 Å². The van der Waals surface area contributed by atoms with Gasteiger partial charge in [-0.2, -0.15) is 0 Å². The summed E-state index contributed by atoms with van der Waals surface area (Å²) in [5.41, 5.74) is 3.02. The molecule has 4 heterocycles. The number of aromatic nitrogens is 5. The number of hydrogen-bond donors (Lipinski definition) is 3.